The van der Waals surface area contributed by atoms with Crippen LogP contribution in [0.2, 0.25) is 0 Å². The first-order valence-corrected chi connectivity index (χ1v) is 7.34. The molecule has 8 heteroatoms. The van der Waals surface area contributed by atoms with Crippen molar-refractivity contribution in [3.05, 3.63) is 24.3 Å². The van der Waals surface area contributed by atoms with Gasteiger partial charge in [0.1, 0.15) is 5.75 Å². The van der Waals surface area contributed by atoms with Gasteiger partial charge in [0.25, 0.3) is 0 Å². The number of halogens is 3. The van der Waals surface area contributed by atoms with Gasteiger partial charge in [0, 0.05) is 31.9 Å². The number of benzene rings is 1. The van der Waals surface area contributed by atoms with Crippen LogP contribution in [0.1, 0.15) is 6.92 Å². The summed E-state index contributed by atoms with van der Waals surface area (Å²) in [4.78, 5) is 16.5. The highest BCUT2D eigenvalue weighted by Gasteiger charge is 2.31. The van der Waals surface area contributed by atoms with E-state index in [9.17, 15) is 18.0 Å². The second-order valence-electron chi connectivity index (χ2n) is 5.58. The van der Waals surface area contributed by atoms with E-state index >= 15 is 0 Å². The van der Waals surface area contributed by atoms with Crippen molar-refractivity contribution in [2.75, 3.05) is 38.5 Å². The standard InChI is InChI=1S/C15H20F3N3O2/c1-11(21-9-7-20(2)8-10-21)14(22)19-12-3-5-13(6-4-12)23-15(16,17)18/h3-6,11H,7-10H2,1-2H3,(H,19,22). The fraction of sp³-hybridized carbons (Fsp3) is 0.533. The normalized spacial score (nSPS) is 18.5. The number of carbonyl (C=O) groups is 1. The number of anilines is 1. The Morgan fingerprint density at radius 1 is 1.17 bits per heavy atom. The lowest BCUT2D eigenvalue weighted by Crippen LogP contribution is -2.51. The zero-order valence-electron chi connectivity index (χ0n) is 13.1. The van der Waals surface area contributed by atoms with Gasteiger partial charge in [-0.3, -0.25) is 9.69 Å². The molecule has 1 saturated heterocycles. The highest BCUT2D eigenvalue weighted by atomic mass is 19.4. The number of ether oxygens (including phenoxy) is 1. The second-order valence-corrected chi connectivity index (χ2v) is 5.58. The molecule has 5 nitrogen and oxygen atoms in total. The molecule has 1 amide bonds. The lowest BCUT2D eigenvalue weighted by molar-refractivity contribution is -0.274. The van der Waals surface area contributed by atoms with Crippen LogP contribution < -0.4 is 10.1 Å². The van der Waals surface area contributed by atoms with Crippen LogP contribution in [-0.4, -0.2) is 61.3 Å². The summed E-state index contributed by atoms with van der Waals surface area (Å²) < 4.78 is 40.1. The Kier molecular flexibility index (Phi) is 5.48. The van der Waals surface area contributed by atoms with Crippen LogP contribution >= 0.6 is 0 Å². The van der Waals surface area contributed by atoms with Gasteiger partial charge in [0.2, 0.25) is 5.91 Å². The van der Waals surface area contributed by atoms with Crippen molar-refractivity contribution in [1.29, 1.82) is 0 Å². The van der Waals surface area contributed by atoms with Gasteiger partial charge in [0.15, 0.2) is 0 Å². The topological polar surface area (TPSA) is 44.8 Å². The fourth-order valence-electron chi connectivity index (χ4n) is 2.36. The molecule has 0 aromatic heterocycles. The molecule has 1 unspecified atom stereocenters. The van der Waals surface area contributed by atoms with Gasteiger partial charge in [-0.2, -0.15) is 0 Å². The maximum Gasteiger partial charge on any atom is 0.573 e. The number of amides is 1. The van der Waals surface area contributed by atoms with Crippen molar-refractivity contribution >= 4 is 11.6 Å². The molecule has 1 aliphatic heterocycles. The summed E-state index contributed by atoms with van der Waals surface area (Å²) in [7, 11) is 2.03. The summed E-state index contributed by atoms with van der Waals surface area (Å²) in [6.07, 6.45) is -4.72. The average Bonchev–Trinajstić information content (AvgIpc) is 2.48. The third kappa shape index (κ3) is 5.40. The van der Waals surface area contributed by atoms with Crippen molar-refractivity contribution in [3.63, 3.8) is 0 Å². The molecular weight excluding hydrogens is 311 g/mol. The molecule has 128 valence electrons. The summed E-state index contributed by atoms with van der Waals surface area (Å²) in [5.74, 6) is -0.498. The average molecular weight is 331 g/mol. The highest BCUT2D eigenvalue weighted by molar-refractivity contribution is 5.94. The van der Waals surface area contributed by atoms with Gasteiger partial charge in [-0.15, -0.1) is 13.2 Å². The van der Waals surface area contributed by atoms with E-state index in [0.717, 1.165) is 26.2 Å². The molecule has 1 heterocycles. The Morgan fingerprint density at radius 2 is 1.74 bits per heavy atom. The minimum Gasteiger partial charge on any atom is -0.406 e. The molecule has 0 radical (unpaired) electrons. The molecule has 0 spiro atoms. The number of piperazine rings is 1. The van der Waals surface area contributed by atoms with E-state index in [1.54, 1.807) is 0 Å². The van der Waals surface area contributed by atoms with Gasteiger partial charge in [-0.05, 0) is 38.2 Å². The van der Waals surface area contributed by atoms with Crippen molar-refractivity contribution in [2.24, 2.45) is 0 Å². The summed E-state index contributed by atoms with van der Waals surface area (Å²) in [6.45, 7) is 5.25. The van der Waals surface area contributed by atoms with Crippen LogP contribution in [0.5, 0.6) is 5.75 Å². The molecular formula is C15H20F3N3O2. The Morgan fingerprint density at radius 3 is 2.26 bits per heavy atom. The van der Waals surface area contributed by atoms with Crippen LogP contribution in [0.3, 0.4) is 0 Å². The van der Waals surface area contributed by atoms with Gasteiger partial charge in [-0.25, -0.2) is 0 Å². The second kappa shape index (κ2) is 7.18. The lowest BCUT2D eigenvalue weighted by atomic mass is 10.2. The van der Waals surface area contributed by atoms with E-state index in [-0.39, 0.29) is 17.7 Å². The molecule has 0 saturated carbocycles. The van der Waals surface area contributed by atoms with Crippen molar-refractivity contribution in [1.82, 2.24) is 9.80 Å². The highest BCUT2D eigenvalue weighted by Crippen LogP contribution is 2.24. The van der Waals surface area contributed by atoms with Crippen molar-refractivity contribution in [3.8, 4) is 5.75 Å². The third-order valence-electron chi connectivity index (χ3n) is 3.82. The molecule has 1 fully saturated rings. The third-order valence-corrected chi connectivity index (χ3v) is 3.82. The maximum atomic E-state index is 12.2. The monoisotopic (exact) mass is 331 g/mol. The van der Waals surface area contributed by atoms with E-state index < -0.39 is 6.36 Å². The minimum absolute atomic E-state index is 0.181. The van der Waals surface area contributed by atoms with Gasteiger partial charge < -0.3 is 15.0 Å². The molecule has 1 N–H and O–H groups in total. The Labute approximate surface area is 133 Å². The number of hydrogen-bond acceptors (Lipinski definition) is 4. The number of nitrogens with one attached hydrogen (secondary N) is 1. The largest absolute Gasteiger partial charge is 0.573 e. The van der Waals surface area contributed by atoms with Crippen molar-refractivity contribution < 1.29 is 22.7 Å². The van der Waals surface area contributed by atoms with E-state index in [0.29, 0.717) is 5.69 Å². The van der Waals surface area contributed by atoms with E-state index in [4.69, 9.17) is 0 Å². The van der Waals surface area contributed by atoms with E-state index in [1.165, 1.54) is 24.3 Å². The minimum atomic E-state index is -4.72. The van der Waals surface area contributed by atoms with Crippen LogP contribution in [0.25, 0.3) is 0 Å². The van der Waals surface area contributed by atoms with Gasteiger partial charge in [0.05, 0.1) is 6.04 Å². The SMILES string of the molecule is CC(C(=O)Nc1ccc(OC(F)(F)F)cc1)N1CCN(C)CC1. The molecule has 0 aliphatic carbocycles. The molecule has 23 heavy (non-hydrogen) atoms. The summed E-state index contributed by atoms with van der Waals surface area (Å²) in [5.41, 5.74) is 0.436. The van der Waals surface area contributed by atoms with Crippen LogP contribution in [-0.2, 0) is 4.79 Å². The van der Waals surface area contributed by atoms with E-state index in [1.807, 2.05) is 14.0 Å². The van der Waals surface area contributed by atoms with E-state index in [2.05, 4.69) is 19.9 Å². The molecule has 2 rings (SSSR count). The molecule has 1 aromatic carbocycles. The van der Waals surface area contributed by atoms with Gasteiger partial charge >= 0.3 is 6.36 Å². The Bertz CT molecular complexity index is 526. The van der Waals surface area contributed by atoms with Crippen LogP contribution in [0, 0.1) is 0 Å². The zero-order valence-corrected chi connectivity index (χ0v) is 13.1. The zero-order chi connectivity index (χ0) is 17.0. The first-order valence-electron chi connectivity index (χ1n) is 7.34. The summed E-state index contributed by atoms with van der Waals surface area (Å²) in [6, 6.07) is 4.81. The predicted molar refractivity (Wildman–Crippen MR) is 80.3 cm³/mol. The lowest BCUT2D eigenvalue weighted by Gasteiger charge is -2.35. The maximum absolute atomic E-state index is 12.2. The number of nitrogens with zero attached hydrogens (tertiary/aromatic N) is 2. The number of likely N-dealkylation sites (N-methyl/N-ethyl adjacent to an activating group) is 1. The molecule has 0 bridgehead atoms. The Balaban J connectivity index is 1.89. The first-order chi connectivity index (χ1) is 10.7. The quantitative estimate of drug-likeness (QED) is 0.918. The predicted octanol–water partition coefficient (Wildman–Crippen LogP) is 2.16. The van der Waals surface area contributed by atoms with Crippen LogP contribution in [0.4, 0.5) is 18.9 Å². The number of carbonyl (C=O) groups excluding carboxylic acids is 1. The number of alkyl halides is 3. The Hall–Kier alpha value is -1.80. The first kappa shape index (κ1) is 17.6. The summed E-state index contributed by atoms with van der Waals surface area (Å²) in [5, 5.41) is 2.71. The molecule has 1 aliphatic rings. The number of rotatable bonds is 4. The molecule has 1 aromatic rings. The van der Waals surface area contributed by atoms with Gasteiger partial charge in [-0.1, -0.05) is 0 Å². The smallest absolute Gasteiger partial charge is 0.406 e. The number of hydrogen-bond donors (Lipinski definition) is 1. The fourth-order valence-corrected chi connectivity index (χ4v) is 2.36. The summed E-state index contributed by atoms with van der Waals surface area (Å²) >= 11 is 0. The van der Waals surface area contributed by atoms with Crippen molar-refractivity contribution in [2.45, 2.75) is 19.3 Å². The molecule has 1 atom stereocenters. The van der Waals surface area contributed by atoms with Crippen LogP contribution in [0.15, 0.2) is 24.3 Å².